The Labute approximate surface area is 117 Å². The molecule has 0 aliphatic carbocycles. The highest BCUT2D eigenvalue weighted by Gasteiger charge is 2.31. The Morgan fingerprint density at radius 2 is 1.75 bits per heavy atom. The number of halogens is 3. The first-order chi connectivity index (χ1) is 9.00. The Kier molecular flexibility index (Phi) is 5.83. The molecule has 0 spiro atoms. The summed E-state index contributed by atoms with van der Waals surface area (Å²) in [5.74, 6) is 0. The van der Waals surface area contributed by atoms with Crippen LogP contribution >= 0.6 is 0 Å². The van der Waals surface area contributed by atoms with E-state index in [-0.39, 0.29) is 6.15 Å². The number of hydrogen-bond acceptors (Lipinski definition) is 3. The normalized spacial score (nSPS) is 16.9. The third kappa shape index (κ3) is 4.11. The molecule has 3 N–H and O–H groups in total. The van der Waals surface area contributed by atoms with Gasteiger partial charge in [0.15, 0.2) is 0 Å². The van der Waals surface area contributed by atoms with E-state index < -0.39 is 11.7 Å². The van der Waals surface area contributed by atoms with Gasteiger partial charge in [-0.15, -0.1) is 0 Å². The van der Waals surface area contributed by atoms with Gasteiger partial charge in [0.1, 0.15) is 0 Å². The van der Waals surface area contributed by atoms with Crippen LogP contribution in [0.2, 0.25) is 0 Å². The van der Waals surface area contributed by atoms with E-state index in [0.717, 1.165) is 45.2 Å². The van der Waals surface area contributed by atoms with Crippen molar-refractivity contribution < 1.29 is 13.2 Å². The SMILES string of the molecule is CCCN1CCN(c2cccc(C(F)(F)F)c2)CC1.N. The van der Waals surface area contributed by atoms with Crippen LogP contribution in [0.4, 0.5) is 18.9 Å². The maximum absolute atomic E-state index is 12.7. The van der Waals surface area contributed by atoms with Gasteiger partial charge in [-0.2, -0.15) is 13.2 Å². The van der Waals surface area contributed by atoms with Crippen LogP contribution in [0.25, 0.3) is 0 Å². The van der Waals surface area contributed by atoms with Crippen LogP contribution < -0.4 is 11.1 Å². The Bertz CT molecular complexity index is 412. The van der Waals surface area contributed by atoms with Crippen molar-refractivity contribution in [3.63, 3.8) is 0 Å². The molecule has 114 valence electrons. The van der Waals surface area contributed by atoms with E-state index in [2.05, 4.69) is 11.8 Å². The summed E-state index contributed by atoms with van der Waals surface area (Å²) in [5.41, 5.74) is 0.104. The van der Waals surface area contributed by atoms with E-state index in [9.17, 15) is 13.2 Å². The summed E-state index contributed by atoms with van der Waals surface area (Å²) in [4.78, 5) is 4.38. The Morgan fingerprint density at radius 3 is 2.30 bits per heavy atom. The predicted octanol–water partition coefficient (Wildman–Crippen LogP) is 3.40. The molecule has 1 aliphatic heterocycles. The molecule has 6 heteroatoms. The zero-order valence-corrected chi connectivity index (χ0v) is 11.8. The summed E-state index contributed by atoms with van der Waals surface area (Å²) < 4.78 is 38.0. The van der Waals surface area contributed by atoms with E-state index in [1.54, 1.807) is 6.07 Å². The van der Waals surface area contributed by atoms with Gasteiger partial charge in [0.25, 0.3) is 0 Å². The van der Waals surface area contributed by atoms with E-state index in [0.29, 0.717) is 5.69 Å². The van der Waals surface area contributed by atoms with Crippen molar-refractivity contribution in [2.24, 2.45) is 0 Å². The highest BCUT2D eigenvalue weighted by Crippen LogP contribution is 2.31. The van der Waals surface area contributed by atoms with Crippen molar-refractivity contribution in [3.05, 3.63) is 29.8 Å². The maximum atomic E-state index is 12.7. The van der Waals surface area contributed by atoms with Crippen molar-refractivity contribution in [2.75, 3.05) is 37.6 Å². The number of rotatable bonds is 3. The van der Waals surface area contributed by atoms with Crippen LogP contribution in [0.3, 0.4) is 0 Å². The first kappa shape index (κ1) is 16.8. The largest absolute Gasteiger partial charge is 0.416 e. The van der Waals surface area contributed by atoms with Gasteiger partial charge in [0.05, 0.1) is 5.56 Å². The fraction of sp³-hybridized carbons (Fsp3) is 0.571. The Morgan fingerprint density at radius 1 is 1.10 bits per heavy atom. The highest BCUT2D eigenvalue weighted by molar-refractivity contribution is 5.49. The van der Waals surface area contributed by atoms with Gasteiger partial charge < -0.3 is 11.1 Å². The maximum Gasteiger partial charge on any atom is 0.416 e. The summed E-state index contributed by atoms with van der Waals surface area (Å²) in [6.45, 7) is 6.63. The van der Waals surface area contributed by atoms with E-state index >= 15 is 0 Å². The fourth-order valence-electron chi connectivity index (χ4n) is 2.42. The summed E-state index contributed by atoms with van der Waals surface area (Å²) in [6.07, 6.45) is -3.15. The van der Waals surface area contributed by atoms with E-state index in [4.69, 9.17) is 0 Å². The van der Waals surface area contributed by atoms with E-state index in [1.807, 2.05) is 4.90 Å². The van der Waals surface area contributed by atoms with Crippen LogP contribution in [-0.4, -0.2) is 37.6 Å². The molecule has 1 fully saturated rings. The van der Waals surface area contributed by atoms with Gasteiger partial charge in [-0.3, -0.25) is 4.90 Å². The molecule has 0 atom stereocenters. The Hall–Kier alpha value is -1.27. The van der Waals surface area contributed by atoms with E-state index in [1.165, 1.54) is 12.1 Å². The predicted molar refractivity (Wildman–Crippen MR) is 75.4 cm³/mol. The molecule has 1 heterocycles. The second-order valence-corrected chi connectivity index (χ2v) is 4.88. The molecule has 0 saturated carbocycles. The molecule has 0 bridgehead atoms. The minimum absolute atomic E-state index is 0. The molecule has 0 amide bonds. The first-order valence-electron chi connectivity index (χ1n) is 6.65. The summed E-state index contributed by atoms with van der Waals surface area (Å²) in [6, 6.07) is 5.60. The zero-order chi connectivity index (χ0) is 13.9. The smallest absolute Gasteiger partial charge is 0.369 e. The number of alkyl halides is 3. The van der Waals surface area contributed by atoms with Gasteiger partial charge >= 0.3 is 6.18 Å². The minimum atomic E-state index is -4.26. The molecule has 1 aliphatic rings. The number of hydrogen-bond donors (Lipinski definition) is 1. The average Bonchev–Trinajstić information content (AvgIpc) is 2.39. The lowest BCUT2D eigenvalue weighted by Gasteiger charge is -2.36. The minimum Gasteiger partial charge on any atom is -0.369 e. The Balaban J connectivity index is 0.00000200. The van der Waals surface area contributed by atoms with Crippen LogP contribution in [-0.2, 0) is 6.18 Å². The number of benzene rings is 1. The average molecular weight is 289 g/mol. The molecule has 0 aromatic heterocycles. The molecular weight excluding hydrogens is 267 g/mol. The summed E-state index contributed by atoms with van der Waals surface area (Å²) in [5, 5.41) is 0. The topological polar surface area (TPSA) is 41.5 Å². The zero-order valence-electron chi connectivity index (χ0n) is 11.8. The fourth-order valence-corrected chi connectivity index (χ4v) is 2.42. The number of nitrogens with zero attached hydrogens (tertiary/aromatic N) is 2. The van der Waals surface area contributed by atoms with Crippen LogP contribution in [0, 0.1) is 0 Å². The number of piperazine rings is 1. The second kappa shape index (κ2) is 6.95. The molecule has 3 nitrogen and oxygen atoms in total. The molecule has 2 rings (SSSR count). The lowest BCUT2D eigenvalue weighted by molar-refractivity contribution is -0.137. The van der Waals surface area contributed by atoms with Gasteiger partial charge in [0, 0.05) is 31.9 Å². The van der Waals surface area contributed by atoms with Gasteiger partial charge in [-0.1, -0.05) is 13.0 Å². The molecule has 0 radical (unpaired) electrons. The highest BCUT2D eigenvalue weighted by atomic mass is 19.4. The van der Waals surface area contributed by atoms with Crippen molar-refractivity contribution in [3.8, 4) is 0 Å². The molecule has 0 unspecified atom stereocenters. The standard InChI is InChI=1S/C14H19F3N2.H3N/c1-2-6-18-7-9-19(10-8-18)13-5-3-4-12(11-13)14(15,16)17;/h3-5,11H,2,6-10H2,1H3;1H3. The summed E-state index contributed by atoms with van der Waals surface area (Å²) in [7, 11) is 0. The lowest BCUT2D eigenvalue weighted by Crippen LogP contribution is -2.46. The van der Waals surface area contributed by atoms with Gasteiger partial charge in [-0.25, -0.2) is 0 Å². The van der Waals surface area contributed by atoms with Crippen molar-refractivity contribution >= 4 is 5.69 Å². The molecular formula is C14H22F3N3. The lowest BCUT2D eigenvalue weighted by atomic mass is 10.1. The molecule has 1 aromatic rings. The van der Waals surface area contributed by atoms with Gasteiger partial charge in [0.2, 0.25) is 0 Å². The first-order valence-corrected chi connectivity index (χ1v) is 6.65. The number of anilines is 1. The molecule has 20 heavy (non-hydrogen) atoms. The van der Waals surface area contributed by atoms with Crippen molar-refractivity contribution in [2.45, 2.75) is 19.5 Å². The van der Waals surface area contributed by atoms with Crippen LogP contribution in [0.5, 0.6) is 0 Å². The molecule has 1 aromatic carbocycles. The van der Waals surface area contributed by atoms with Crippen molar-refractivity contribution in [1.29, 1.82) is 0 Å². The molecule has 1 saturated heterocycles. The van der Waals surface area contributed by atoms with Crippen molar-refractivity contribution in [1.82, 2.24) is 11.1 Å². The monoisotopic (exact) mass is 289 g/mol. The second-order valence-electron chi connectivity index (χ2n) is 4.88. The third-order valence-electron chi connectivity index (χ3n) is 3.45. The quantitative estimate of drug-likeness (QED) is 0.927. The van der Waals surface area contributed by atoms with Crippen LogP contribution in [0.15, 0.2) is 24.3 Å². The summed E-state index contributed by atoms with van der Waals surface area (Å²) >= 11 is 0. The third-order valence-corrected chi connectivity index (χ3v) is 3.45. The van der Waals surface area contributed by atoms with Crippen LogP contribution in [0.1, 0.15) is 18.9 Å². The van der Waals surface area contributed by atoms with Gasteiger partial charge in [-0.05, 0) is 31.2 Å².